The number of carbonyl (C=O) groups excluding carboxylic acids is 1. The van der Waals surface area contributed by atoms with Gasteiger partial charge < -0.3 is 4.90 Å². The van der Waals surface area contributed by atoms with Crippen molar-refractivity contribution in [3.8, 4) is 0 Å². The maximum atomic E-state index is 13.0. The zero-order chi connectivity index (χ0) is 16.4. The first-order valence-corrected chi connectivity index (χ1v) is 9.63. The summed E-state index contributed by atoms with van der Waals surface area (Å²) in [5.74, 6) is 2.00. The van der Waals surface area contributed by atoms with Gasteiger partial charge in [0.15, 0.2) is 0 Å². The van der Waals surface area contributed by atoms with Gasteiger partial charge in [0.1, 0.15) is 6.04 Å². The Labute approximate surface area is 144 Å². The molecule has 126 valence electrons. The van der Waals surface area contributed by atoms with E-state index in [1.54, 1.807) is 0 Å². The smallest absolute Gasteiger partial charge is 0.241 e. The molecular formula is C19H28N2OS. The number of likely N-dealkylation sites (N-methyl/N-ethyl adjacent to an activating group) is 1. The average Bonchev–Trinajstić information content (AvgIpc) is 2.82. The Morgan fingerprint density at radius 1 is 1.22 bits per heavy atom. The molecule has 23 heavy (non-hydrogen) atoms. The van der Waals surface area contributed by atoms with Gasteiger partial charge in [-0.05, 0) is 51.6 Å². The number of carbonyl (C=O) groups is 1. The minimum absolute atomic E-state index is 0.0206. The number of nitrogens with zero attached hydrogens (tertiary/aromatic N) is 2. The largest absolute Gasteiger partial charge is 0.341 e. The molecule has 3 nitrogen and oxygen atoms in total. The summed E-state index contributed by atoms with van der Waals surface area (Å²) in [6, 6.07) is 10.8. The molecule has 4 heteroatoms. The van der Waals surface area contributed by atoms with Gasteiger partial charge in [0.2, 0.25) is 5.91 Å². The maximum absolute atomic E-state index is 13.0. The van der Waals surface area contributed by atoms with E-state index in [1.165, 1.54) is 5.56 Å². The highest BCUT2D eigenvalue weighted by molar-refractivity contribution is 8.00. The lowest BCUT2D eigenvalue weighted by Gasteiger charge is -2.37. The average molecular weight is 333 g/mol. The first kappa shape index (κ1) is 16.8. The number of likely N-dealkylation sites (tertiary alicyclic amines) is 1. The fourth-order valence-corrected chi connectivity index (χ4v) is 5.04. The lowest BCUT2D eigenvalue weighted by molar-refractivity contribution is -0.138. The summed E-state index contributed by atoms with van der Waals surface area (Å²) >= 11 is 1.89. The highest BCUT2D eigenvalue weighted by atomic mass is 32.2. The van der Waals surface area contributed by atoms with Crippen molar-refractivity contribution < 1.29 is 4.79 Å². The third-order valence-corrected chi connectivity index (χ3v) is 6.77. The Hall–Kier alpha value is -1.00. The van der Waals surface area contributed by atoms with E-state index < -0.39 is 0 Å². The predicted octanol–water partition coefficient (Wildman–Crippen LogP) is 3.25. The number of benzene rings is 1. The van der Waals surface area contributed by atoms with Gasteiger partial charge in [-0.1, -0.05) is 30.3 Å². The van der Waals surface area contributed by atoms with Gasteiger partial charge in [0.05, 0.1) is 0 Å². The quantitative estimate of drug-likeness (QED) is 0.849. The van der Waals surface area contributed by atoms with Crippen molar-refractivity contribution in [2.75, 3.05) is 26.0 Å². The van der Waals surface area contributed by atoms with Crippen molar-refractivity contribution in [1.82, 2.24) is 9.80 Å². The standard InChI is InChI=1S/C19H28N2OS/c1-19(2)17(20(3)14-23-19)18(22)21-11-9-16(10-12-21)13-15-7-5-4-6-8-15/h4-8,16-17H,9-14H2,1-3H3/t17-/m0/s1. The minimum atomic E-state index is 0.0206. The molecule has 0 aromatic heterocycles. The molecule has 3 rings (SSSR count). The number of thioether (sulfide) groups is 1. The lowest BCUT2D eigenvalue weighted by atomic mass is 9.89. The molecule has 0 N–H and O–H groups in total. The zero-order valence-corrected chi connectivity index (χ0v) is 15.3. The van der Waals surface area contributed by atoms with Gasteiger partial charge in [-0.3, -0.25) is 9.69 Å². The van der Waals surface area contributed by atoms with Gasteiger partial charge in [-0.25, -0.2) is 0 Å². The first-order valence-electron chi connectivity index (χ1n) is 8.64. The molecule has 1 atom stereocenters. The molecule has 0 saturated carbocycles. The molecule has 2 fully saturated rings. The third kappa shape index (κ3) is 3.74. The maximum Gasteiger partial charge on any atom is 0.241 e. The Balaban J connectivity index is 1.55. The SMILES string of the molecule is CN1CSC(C)(C)[C@@H]1C(=O)N1CCC(Cc2ccccc2)CC1. The minimum Gasteiger partial charge on any atom is -0.341 e. The summed E-state index contributed by atoms with van der Waals surface area (Å²) in [7, 11) is 2.08. The summed E-state index contributed by atoms with van der Waals surface area (Å²) in [5, 5.41) is 0. The molecule has 1 aromatic carbocycles. The van der Waals surface area contributed by atoms with Crippen LogP contribution in [0.3, 0.4) is 0 Å². The van der Waals surface area contributed by atoms with Crippen LogP contribution in [-0.4, -0.2) is 52.5 Å². The number of piperidine rings is 1. The zero-order valence-electron chi connectivity index (χ0n) is 14.5. The number of amides is 1. The van der Waals surface area contributed by atoms with Gasteiger partial charge in [0, 0.05) is 23.7 Å². The van der Waals surface area contributed by atoms with Crippen LogP contribution >= 0.6 is 11.8 Å². The van der Waals surface area contributed by atoms with E-state index in [4.69, 9.17) is 0 Å². The van der Waals surface area contributed by atoms with Crippen LogP contribution < -0.4 is 0 Å². The van der Waals surface area contributed by atoms with Gasteiger partial charge in [-0.2, -0.15) is 0 Å². The first-order chi connectivity index (χ1) is 11.0. The van der Waals surface area contributed by atoms with Crippen LogP contribution in [0.1, 0.15) is 32.3 Å². The van der Waals surface area contributed by atoms with E-state index in [9.17, 15) is 4.79 Å². The molecule has 0 unspecified atom stereocenters. The van der Waals surface area contributed by atoms with Crippen LogP contribution in [0.15, 0.2) is 30.3 Å². The van der Waals surface area contributed by atoms with Crippen molar-refractivity contribution in [2.24, 2.45) is 5.92 Å². The molecule has 2 aliphatic rings. The van der Waals surface area contributed by atoms with E-state index in [2.05, 4.69) is 61.0 Å². The van der Waals surface area contributed by atoms with Crippen LogP contribution in [0.4, 0.5) is 0 Å². The highest BCUT2D eigenvalue weighted by Gasteiger charge is 2.45. The highest BCUT2D eigenvalue weighted by Crippen LogP contribution is 2.39. The number of hydrogen-bond acceptors (Lipinski definition) is 3. The molecule has 0 spiro atoms. The van der Waals surface area contributed by atoms with Crippen molar-refractivity contribution in [1.29, 1.82) is 0 Å². The second-order valence-electron chi connectivity index (χ2n) is 7.49. The molecule has 0 radical (unpaired) electrons. The summed E-state index contributed by atoms with van der Waals surface area (Å²) in [5.41, 5.74) is 1.42. The number of rotatable bonds is 3. The van der Waals surface area contributed by atoms with E-state index in [0.29, 0.717) is 11.8 Å². The predicted molar refractivity (Wildman–Crippen MR) is 97.5 cm³/mol. The fraction of sp³-hybridized carbons (Fsp3) is 0.632. The van der Waals surface area contributed by atoms with E-state index >= 15 is 0 Å². The summed E-state index contributed by atoms with van der Waals surface area (Å²) in [4.78, 5) is 17.3. The monoisotopic (exact) mass is 332 g/mol. The van der Waals surface area contributed by atoms with Gasteiger partial charge >= 0.3 is 0 Å². The van der Waals surface area contributed by atoms with Crippen LogP contribution in [0.25, 0.3) is 0 Å². The van der Waals surface area contributed by atoms with Crippen LogP contribution in [0, 0.1) is 5.92 Å². The summed E-state index contributed by atoms with van der Waals surface area (Å²) in [6.07, 6.45) is 3.41. The van der Waals surface area contributed by atoms with Gasteiger partial charge in [-0.15, -0.1) is 11.8 Å². The molecule has 0 aliphatic carbocycles. The summed E-state index contributed by atoms with van der Waals surface area (Å²) < 4.78 is 0.0206. The normalized spacial score (nSPS) is 25.7. The Bertz CT molecular complexity index is 538. The molecule has 1 aromatic rings. The van der Waals surface area contributed by atoms with Gasteiger partial charge in [0.25, 0.3) is 0 Å². The topological polar surface area (TPSA) is 23.6 Å². The second-order valence-corrected chi connectivity index (χ2v) is 9.09. The van der Waals surface area contributed by atoms with E-state index in [-0.39, 0.29) is 10.8 Å². The Morgan fingerprint density at radius 2 is 1.87 bits per heavy atom. The van der Waals surface area contributed by atoms with Crippen molar-refractivity contribution in [3.63, 3.8) is 0 Å². The molecule has 2 saturated heterocycles. The molecular weight excluding hydrogens is 304 g/mol. The van der Waals surface area contributed by atoms with E-state index in [1.807, 2.05) is 11.8 Å². The van der Waals surface area contributed by atoms with Crippen LogP contribution in [0.2, 0.25) is 0 Å². The summed E-state index contributed by atoms with van der Waals surface area (Å²) in [6.45, 7) is 6.24. The van der Waals surface area contributed by atoms with Crippen molar-refractivity contribution in [2.45, 2.75) is 43.9 Å². The Kier molecular flexibility index (Phi) is 5.02. The van der Waals surface area contributed by atoms with Crippen molar-refractivity contribution >= 4 is 17.7 Å². The number of hydrogen-bond donors (Lipinski definition) is 0. The molecule has 0 bridgehead atoms. The molecule has 1 amide bonds. The van der Waals surface area contributed by atoms with E-state index in [0.717, 1.165) is 38.2 Å². The third-order valence-electron chi connectivity index (χ3n) is 5.27. The van der Waals surface area contributed by atoms with Crippen LogP contribution in [0.5, 0.6) is 0 Å². The molecule has 2 heterocycles. The lowest BCUT2D eigenvalue weighted by Crippen LogP contribution is -2.53. The van der Waals surface area contributed by atoms with Crippen molar-refractivity contribution in [3.05, 3.63) is 35.9 Å². The second kappa shape index (κ2) is 6.86. The van der Waals surface area contributed by atoms with Crippen LogP contribution in [-0.2, 0) is 11.2 Å². The fourth-order valence-electron chi connectivity index (χ4n) is 3.92. The Morgan fingerprint density at radius 3 is 2.43 bits per heavy atom. The molecule has 2 aliphatic heterocycles.